The number of methoxy groups -OCH3 is 2. The summed E-state index contributed by atoms with van der Waals surface area (Å²) >= 11 is 0. The Morgan fingerprint density at radius 1 is 1.06 bits per heavy atom. The predicted molar refractivity (Wildman–Crippen MR) is 120 cm³/mol. The van der Waals surface area contributed by atoms with Crippen molar-refractivity contribution in [2.45, 2.75) is 13.5 Å². The molecule has 6 nitrogen and oxygen atoms in total. The number of ether oxygens (including phenoxy) is 3. The van der Waals surface area contributed by atoms with E-state index in [1.165, 1.54) is 24.4 Å². The lowest BCUT2D eigenvalue weighted by atomic mass is 10.1. The fraction of sp³-hybridized carbons (Fsp3) is 0.200. The van der Waals surface area contributed by atoms with Crippen LogP contribution in [0.4, 0.5) is 4.39 Å². The van der Waals surface area contributed by atoms with Crippen LogP contribution in [-0.4, -0.2) is 36.6 Å². The zero-order valence-corrected chi connectivity index (χ0v) is 18.2. The summed E-state index contributed by atoms with van der Waals surface area (Å²) in [5.74, 6) is 1.06. The van der Waals surface area contributed by atoms with Crippen LogP contribution >= 0.6 is 0 Å². The van der Waals surface area contributed by atoms with E-state index in [1.807, 2.05) is 19.1 Å². The number of likely N-dealkylation sites (N-methyl/N-ethyl adjacent to an activating group) is 1. The highest BCUT2D eigenvalue weighted by Gasteiger charge is 2.12. The first-order chi connectivity index (χ1) is 15.5. The number of aromatic nitrogens is 1. The number of hydrogen-bond acceptors (Lipinski definition) is 5. The topological polar surface area (TPSA) is 60.9 Å². The van der Waals surface area contributed by atoms with Crippen molar-refractivity contribution in [3.8, 4) is 23.0 Å². The summed E-state index contributed by atoms with van der Waals surface area (Å²) in [6, 6.07) is 13.5. The van der Waals surface area contributed by atoms with Gasteiger partial charge in [0.15, 0.2) is 23.1 Å². The van der Waals surface area contributed by atoms with Crippen LogP contribution < -0.4 is 14.2 Å². The monoisotopic (exact) mass is 436 g/mol. The zero-order valence-electron chi connectivity index (χ0n) is 18.2. The molecule has 0 aliphatic carbocycles. The molecular formula is C25H25FN2O4. The van der Waals surface area contributed by atoms with Gasteiger partial charge in [-0.3, -0.25) is 9.78 Å². The Morgan fingerprint density at radius 2 is 1.84 bits per heavy atom. The summed E-state index contributed by atoms with van der Waals surface area (Å²) < 4.78 is 30.5. The summed E-state index contributed by atoms with van der Waals surface area (Å²) in [5, 5.41) is 0. The molecule has 7 heteroatoms. The van der Waals surface area contributed by atoms with Crippen molar-refractivity contribution in [3.63, 3.8) is 0 Å². The van der Waals surface area contributed by atoms with Crippen LogP contribution in [0.5, 0.6) is 23.0 Å². The molecule has 0 aliphatic heterocycles. The molecule has 3 aromatic rings. The van der Waals surface area contributed by atoms with E-state index >= 15 is 0 Å². The van der Waals surface area contributed by atoms with E-state index in [-0.39, 0.29) is 11.7 Å². The van der Waals surface area contributed by atoms with Crippen LogP contribution in [0.25, 0.3) is 6.08 Å². The number of pyridine rings is 1. The van der Waals surface area contributed by atoms with Gasteiger partial charge in [-0.1, -0.05) is 12.1 Å². The number of hydrogen-bond donors (Lipinski definition) is 0. The van der Waals surface area contributed by atoms with E-state index < -0.39 is 5.82 Å². The second kappa shape index (κ2) is 10.9. The minimum Gasteiger partial charge on any atom is -0.493 e. The van der Waals surface area contributed by atoms with Crippen molar-refractivity contribution in [1.82, 2.24) is 9.88 Å². The molecule has 0 fully saturated rings. The minimum absolute atomic E-state index is 0.0881. The molecule has 0 N–H and O–H groups in total. The van der Waals surface area contributed by atoms with Crippen LogP contribution in [0.1, 0.15) is 18.1 Å². The number of amides is 1. The van der Waals surface area contributed by atoms with Gasteiger partial charge < -0.3 is 19.1 Å². The first kappa shape index (κ1) is 22.8. The second-order valence-electron chi connectivity index (χ2n) is 6.86. The van der Waals surface area contributed by atoms with E-state index in [4.69, 9.17) is 14.2 Å². The van der Waals surface area contributed by atoms with E-state index in [0.29, 0.717) is 35.9 Å². The smallest absolute Gasteiger partial charge is 0.246 e. The lowest BCUT2D eigenvalue weighted by molar-refractivity contribution is -0.126. The predicted octanol–water partition coefficient (Wildman–Crippen LogP) is 5.09. The van der Waals surface area contributed by atoms with Gasteiger partial charge in [0, 0.05) is 25.4 Å². The first-order valence-corrected chi connectivity index (χ1v) is 10.1. The van der Waals surface area contributed by atoms with Gasteiger partial charge >= 0.3 is 0 Å². The lowest BCUT2D eigenvalue weighted by Gasteiger charge is -2.20. The average Bonchev–Trinajstić information content (AvgIpc) is 2.83. The third kappa shape index (κ3) is 5.85. The van der Waals surface area contributed by atoms with Gasteiger partial charge in [0.2, 0.25) is 5.91 Å². The highest BCUT2D eigenvalue weighted by atomic mass is 19.1. The Labute approximate surface area is 186 Å². The highest BCUT2D eigenvalue weighted by Crippen LogP contribution is 2.28. The van der Waals surface area contributed by atoms with Crippen molar-refractivity contribution in [2.24, 2.45) is 0 Å². The van der Waals surface area contributed by atoms with Crippen molar-refractivity contribution in [3.05, 3.63) is 83.9 Å². The minimum atomic E-state index is -0.527. The van der Waals surface area contributed by atoms with Gasteiger partial charge in [0.1, 0.15) is 5.75 Å². The van der Waals surface area contributed by atoms with Gasteiger partial charge in [-0.15, -0.1) is 0 Å². The Morgan fingerprint density at radius 3 is 2.50 bits per heavy atom. The molecule has 0 aliphatic rings. The molecule has 0 atom stereocenters. The van der Waals surface area contributed by atoms with Crippen LogP contribution in [0.15, 0.2) is 67.0 Å². The molecule has 0 saturated carbocycles. The highest BCUT2D eigenvalue weighted by molar-refractivity contribution is 5.91. The molecule has 1 heterocycles. The summed E-state index contributed by atoms with van der Waals surface area (Å²) in [6.07, 6.45) is 6.12. The summed E-state index contributed by atoms with van der Waals surface area (Å²) in [4.78, 5) is 18.3. The number of nitrogens with zero attached hydrogens (tertiary/aromatic N) is 2. The maximum atomic E-state index is 14.4. The Hall–Kier alpha value is -3.87. The van der Waals surface area contributed by atoms with E-state index in [0.717, 1.165) is 5.56 Å². The van der Waals surface area contributed by atoms with Crippen LogP contribution in [0.2, 0.25) is 0 Å². The third-order valence-electron chi connectivity index (χ3n) is 4.75. The SMILES string of the molecule is CCN(Cc1ccc(OC)c(OC)c1)C(=O)/C=C/c1ccc(Oc2cccnc2)c(F)c1. The summed E-state index contributed by atoms with van der Waals surface area (Å²) in [7, 11) is 3.14. The zero-order chi connectivity index (χ0) is 22.9. The molecule has 1 amide bonds. The van der Waals surface area contributed by atoms with Crippen molar-refractivity contribution >= 4 is 12.0 Å². The van der Waals surface area contributed by atoms with Crippen molar-refractivity contribution < 1.29 is 23.4 Å². The van der Waals surface area contributed by atoms with Gasteiger partial charge in [0.25, 0.3) is 0 Å². The quantitative estimate of drug-likeness (QED) is 0.437. The number of rotatable bonds is 9. The molecule has 0 spiro atoms. The first-order valence-electron chi connectivity index (χ1n) is 10.1. The number of benzene rings is 2. The summed E-state index contributed by atoms with van der Waals surface area (Å²) in [5.41, 5.74) is 1.46. The van der Waals surface area contributed by atoms with Gasteiger partial charge in [-0.25, -0.2) is 4.39 Å². The molecule has 0 bridgehead atoms. The molecule has 0 unspecified atom stereocenters. The molecule has 2 aromatic carbocycles. The Kier molecular flexibility index (Phi) is 7.80. The fourth-order valence-corrected chi connectivity index (χ4v) is 3.06. The molecular weight excluding hydrogens is 411 g/mol. The van der Waals surface area contributed by atoms with E-state index in [1.54, 1.807) is 55.7 Å². The van der Waals surface area contributed by atoms with Gasteiger partial charge in [-0.2, -0.15) is 0 Å². The standard InChI is InChI=1S/C25H25FN2O4/c1-4-28(17-19-8-11-23(30-2)24(15-19)31-3)25(29)12-9-18-7-10-22(21(26)14-18)32-20-6-5-13-27-16-20/h5-16H,4,17H2,1-3H3/b12-9+. The number of halogens is 1. The maximum absolute atomic E-state index is 14.4. The van der Waals surface area contributed by atoms with Gasteiger partial charge in [0.05, 0.1) is 20.4 Å². The second-order valence-corrected chi connectivity index (χ2v) is 6.86. The average molecular weight is 436 g/mol. The van der Waals surface area contributed by atoms with Crippen LogP contribution in [0, 0.1) is 5.82 Å². The van der Waals surface area contributed by atoms with Crippen LogP contribution in [-0.2, 0) is 11.3 Å². The molecule has 0 radical (unpaired) electrons. The van der Waals surface area contributed by atoms with Crippen LogP contribution in [0.3, 0.4) is 0 Å². The normalized spacial score (nSPS) is 10.8. The van der Waals surface area contributed by atoms with E-state index in [2.05, 4.69) is 4.98 Å². The largest absolute Gasteiger partial charge is 0.493 e. The number of carbonyl (C=O) groups excluding carboxylic acids is 1. The van der Waals surface area contributed by atoms with Gasteiger partial charge in [-0.05, 0) is 60.5 Å². The van der Waals surface area contributed by atoms with Crippen molar-refractivity contribution in [1.29, 1.82) is 0 Å². The number of carbonyl (C=O) groups is 1. The lowest BCUT2D eigenvalue weighted by Crippen LogP contribution is -2.28. The summed E-state index contributed by atoms with van der Waals surface area (Å²) in [6.45, 7) is 2.83. The third-order valence-corrected chi connectivity index (χ3v) is 4.75. The Balaban J connectivity index is 1.67. The molecule has 32 heavy (non-hydrogen) atoms. The molecule has 166 valence electrons. The molecule has 3 rings (SSSR count). The fourth-order valence-electron chi connectivity index (χ4n) is 3.06. The Bertz CT molecular complexity index is 1090. The van der Waals surface area contributed by atoms with E-state index in [9.17, 15) is 9.18 Å². The maximum Gasteiger partial charge on any atom is 0.246 e. The molecule has 0 saturated heterocycles. The molecule has 1 aromatic heterocycles. The van der Waals surface area contributed by atoms with Crippen molar-refractivity contribution in [2.75, 3.05) is 20.8 Å².